The van der Waals surface area contributed by atoms with Gasteiger partial charge in [0, 0.05) is 32.1 Å². The van der Waals surface area contributed by atoms with E-state index in [0.717, 1.165) is 32.5 Å². The van der Waals surface area contributed by atoms with Crippen molar-refractivity contribution in [2.24, 2.45) is 5.92 Å². The van der Waals surface area contributed by atoms with E-state index in [9.17, 15) is 9.59 Å². The molecule has 0 radical (unpaired) electrons. The van der Waals surface area contributed by atoms with Crippen LogP contribution in [-0.4, -0.2) is 59.5 Å². The largest absolute Gasteiger partial charge is 0.481 e. The van der Waals surface area contributed by atoms with E-state index in [1.165, 1.54) is 0 Å². The van der Waals surface area contributed by atoms with Crippen molar-refractivity contribution in [1.82, 2.24) is 9.80 Å². The van der Waals surface area contributed by atoms with Crippen molar-refractivity contribution in [2.45, 2.75) is 45.6 Å². The molecular formula is C14H26N2O3. The predicted molar refractivity (Wildman–Crippen MR) is 73.9 cm³/mol. The van der Waals surface area contributed by atoms with Gasteiger partial charge in [0.05, 0.1) is 6.42 Å². The van der Waals surface area contributed by atoms with Crippen LogP contribution in [-0.2, 0) is 9.59 Å². The Morgan fingerprint density at radius 3 is 2.32 bits per heavy atom. The summed E-state index contributed by atoms with van der Waals surface area (Å²) < 4.78 is 0. The molecule has 19 heavy (non-hydrogen) atoms. The van der Waals surface area contributed by atoms with Crippen molar-refractivity contribution < 1.29 is 14.7 Å². The summed E-state index contributed by atoms with van der Waals surface area (Å²) in [5.41, 5.74) is 0. The van der Waals surface area contributed by atoms with E-state index in [2.05, 4.69) is 25.8 Å². The van der Waals surface area contributed by atoms with Gasteiger partial charge in [-0.25, -0.2) is 0 Å². The number of likely N-dealkylation sites (tertiary alicyclic amines) is 1. The van der Waals surface area contributed by atoms with Gasteiger partial charge in [-0.05, 0) is 39.7 Å². The number of carbonyl (C=O) groups is 2. The molecule has 0 saturated carbocycles. The number of rotatable bonds is 6. The standard InChI is InChI=1S/C14H26N2O3/c1-11(2)15(3)10-12-6-8-16(9-7-12)13(17)4-5-14(18)19/h11-12H,4-10H2,1-3H3,(H,18,19). The molecule has 1 aliphatic heterocycles. The van der Waals surface area contributed by atoms with Crippen LogP contribution >= 0.6 is 0 Å². The third kappa shape index (κ3) is 5.59. The molecule has 1 heterocycles. The van der Waals surface area contributed by atoms with Crippen LogP contribution in [0.15, 0.2) is 0 Å². The molecule has 0 atom stereocenters. The molecule has 5 nitrogen and oxygen atoms in total. The molecule has 5 heteroatoms. The molecule has 1 N–H and O–H groups in total. The Labute approximate surface area is 115 Å². The van der Waals surface area contributed by atoms with Gasteiger partial charge >= 0.3 is 5.97 Å². The molecular weight excluding hydrogens is 244 g/mol. The fourth-order valence-corrected chi connectivity index (χ4v) is 2.36. The summed E-state index contributed by atoms with van der Waals surface area (Å²) in [6.07, 6.45) is 2.12. The number of hydrogen-bond donors (Lipinski definition) is 1. The van der Waals surface area contributed by atoms with Gasteiger partial charge < -0.3 is 14.9 Å². The zero-order valence-electron chi connectivity index (χ0n) is 12.3. The number of hydrogen-bond acceptors (Lipinski definition) is 3. The van der Waals surface area contributed by atoms with Gasteiger partial charge in [-0.3, -0.25) is 9.59 Å². The number of carbonyl (C=O) groups excluding carboxylic acids is 1. The second-order valence-electron chi connectivity index (χ2n) is 5.75. The minimum absolute atomic E-state index is 0.0157. The van der Waals surface area contributed by atoms with Crippen LogP contribution in [0, 0.1) is 5.92 Å². The van der Waals surface area contributed by atoms with Crippen molar-refractivity contribution in [3.05, 3.63) is 0 Å². The first-order valence-electron chi connectivity index (χ1n) is 7.10. The lowest BCUT2D eigenvalue weighted by molar-refractivity contribution is -0.141. The molecule has 1 fully saturated rings. The van der Waals surface area contributed by atoms with E-state index in [1.807, 2.05) is 4.90 Å². The maximum atomic E-state index is 11.8. The molecule has 0 spiro atoms. The third-order valence-corrected chi connectivity index (χ3v) is 3.95. The van der Waals surface area contributed by atoms with Crippen molar-refractivity contribution >= 4 is 11.9 Å². The van der Waals surface area contributed by atoms with Crippen LogP contribution in [0.5, 0.6) is 0 Å². The highest BCUT2D eigenvalue weighted by atomic mass is 16.4. The number of carboxylic acid groups (broad SMARTS) is 1. The average molecular weight is 270 g/mol. The molecule has 0 aromatic carbocycles. The SMILES string of the molecule is CC(C)N(C)CC1CCN(C(=O)CCC(=O)O)CC1. The third-order valence-electron chi connectivity index (χ3n) is 3.95. The molecule has 110 valence electrons. The summed E-state index contributed by atoms with van der Waals surface area (Å²) in [6, 6.07) is 0.551. The minimum Gasteiger partial charge on any atom is -0.481 e. The van der Waals surface area contributed by atoms with Crippen molar-refractivity contribution in [1.29, 1.82) is 0 Å². The summed E-state index contributed by atoms with van der Waals surface area (Å²) in [5, 5.41) is 8.58. The highest BCUT2D eigenvalue weighted by Gasteiger charge is 2.24. The van der Waals surface area contributed by atoms with Gasteiger partial charge in [0.1, 0.15) is 0 Å². The van der Waals surface area contributed by atoms with Gasteiger partial charge in [0.25, 0.3) is 0 Å². The quantitative estimate of drug-likeness (QED) is 0.793. The van der Waals surface area contributed by atoms with Crippen LogP contribution < -0.4 is 0 Å². The second-order valence-corrected chi connectivity index (χ2v) is 5.75. The van der Waals surface area contributed by atoms with Crippen molar-refractivity contribution in [3.63, 3.8) is 0 Å². The van der Waals surface area contributed by atoms with Crippen molar-refractivity contribution in [3.8, 4) is 0 Å². The number of nitrogens with zero attached hydrogens (tertiary/aromatic N) is 2. The average Bonchev–Trinajstić information content (AvgIpc) is 2.36. The van der Waals surface area contributed by atoms with Crippen molar-refractivity contribution in [2.75, 3.05) is 26.7 Å². The normalized spacial score (nSPS) is 17.2. The number of aliphatic carboxylic acids is 1. The fraction of sp³-hybridized carbons (Fsp3) is 0.857. The molecule has 0 aliphatic carbocycles. The Morgan fingerprint density at radius 1 is 1.26 bits per heavy atom. The molecule has 1 rings (SSSR count). The topological polar surface area (TPSA) is 60.9 Å². The molecule has 0 aromatic rings. The molecule has 1 amide bonds. The van der Waals surface area contributed by atoms with Gasteiger partial charge in [0.2, 0.25) is 5.91 Å². The summed E-state index contributed by atoms with van der Waals surface area (Å²) in [7, 11) is 2.13. The summed E-state index contributed by atoms with van der Waals surface area (Å²) >= 11 is 0. The summed E-state index contributed by atoms with van der Waals surface area (Å²) in [5.74, 6) is -0.268. The minimum atomic E-state index is -0.901. The van der Waals surface area contributed by atoms with E-state index >= 15 is 0 Å². The van der Waals surface area contributed by atoms with Crippen LogP contribution in [0.25, 0.3) is 0 Å². The molecule has 1 aliphatic rings. The molecule has 0 aromatic heterocycles. The lowest BCUT2D eigenvalue weighted by atomic mass is 9.95. The fourth-order valence-electron chi connectivity index (χ4n) is 2.36. The first-order valence-corrected chi connectivity index (χ1v) is 7.10. The van der Waals surface area contributed by atoms with Crippen LogP contribution in [0.3, 0.4) is 0 Å². The Hall–Kier alpha value is -1.10. The highest BCUT2D eigenvalue weighted by molar-refractivity contribution is 5.80. The second kappa shape index (κ2) is 7.48. The lowest BCUT2D eigenvalue weighted by Crippen LogP contribution is -2.42. The zero-order valence-corrected chi connectivity index (χ0v) is 12.3. The van der Waals surface area contributed by atoms with Gasteiger partial charge in [-0.1, -0.05) is 0 Å². The molecule has 1 saturated heterocycles. The molecule has 0 bridgehead atoms. The summed E-state index contributed by atoms with van der Waals surface area (Å²) in [6.45, 7) is 6.99. The maximum absolute atomic E-state index is 11.8. The first kappa shape index (κ1) is 16.0. The van der Waals surface area contributed by atoms with E-state index in [1.54, 1.807) is 0 Å². The summed E-state index contributed by atoms with van der Waals surface area (Å²) in [4.78, 5) is 26.4. The van der Waals surface area contributed by atoms with Crippen LogP contribution in [0.2, 0.25) is 0 Å². The Morgan fingerprint density at radius 2 is 1.84 bits per heavy atom. The van der Waals surface area contributed by atoms with Gasteiger partial charge in [-0.15, -0.1) is 0 Å². The smallest absolute Gasteiger partial charge is 0.303 e. The van der Waals surface area contributed by atoms with E-state index in [-0.39, 0.29) is 18.7 Å². The number of carboxylic acids is 1. The van der Waals surface area contributed by atoms with E-state index < -0.39 is 5.97 Å². The van der Waals surface area contributed by atoms with Crippen LogP contribution in [0.4, 0.5) is 0 Å². The Balaban J connectivity index is 2.28. The number of amides is 1. The lowest BCUT2D eigenvalue weighted by Gasteiger charge is -2.35. The predicted octanol–water partition coefficient (Wildman–Crippen LogP) is 1.43. The van der Waals surface area contributed by atoms with Crippen LogP contribution in [0.1, 0.15) is 39.5 Å². The van der Waals surface area contributed by atoms with E-state index in [4.69, 9.17) is 5.11 Å². The van der Waals surface area contributed by atoms with Gasteiger partial charge in [0.15, 0.2) is 0 Å². The monoisotopic (exact) mass is 270 g/mol. The van der Waals surface area contributed by atoms with Gasteiger partial charge in [-0.2, -0.15) is 0 Å². The zero-order chi connectivity index (χ0) is 14.4. The van der Waals surface area contributed by atoms with E-state index in [0.29, 0.717) is 12.0 Å². The first-order chi connectivity index (χ1) is 8.90. The number of piperidine rings is 1. The Bertz CT molecular complexity index is 310. The molecule has 0 unspecified atom stereocenters. The Kier molecular flexibility index (Phi) is 6.28. The maximum Gasteiger partial charge on any atom is 0.303 e. The highest BCUT2D eigenvalue weighted by Crippen LogP contribution is 2.19.